The minimum atomic E-state index is -0.302. The highest BCUT2D eigenvalue weighted by Crippen LogP contribution is 2.26. The van der Waals surface area contributed by atoms with Crippen molar-refractivity contribution in [1.82, 2.24) is 24.6 Å². The van der Waals surface area contributed by atoms with Gasteiger partial charge in [0.2, 0.25) is 5.91 Å². The summed E-state index contributed by atoms with van der Waals surface area (Å²) in [6, 6.07) is 14.1. The first-order valence-electron chi connectivity index (χ1n) is 9.42. The molecule has 0 radical (unpaired) electrons. The number of rotatable bonds is 6. The Morgan fingerprint density at radius 1 is 1.23 bits per heavy atom. The number of benzene rings is 2. The van der Waals surface area contributed by atoms with E-state index in [-0.39, 0.29) is 24.2 Å². The smallest absolute Gasteiger partial charge is 0.228 e. The topological polar surface area (TPSA) is 63.9 Å². The third kappa shape index (κ3) is 4.28. The molecule has 2 aromatic carbocycles. The first-order valence-corrected chi connectivity index (χ1v) is 10.3. The van der Waals surface area contributed by atoms with Crippen LogP contribution in [0.5, 0.6) is 0 Å². The van der Waals surface area contributed by atoms with E-state index in [0.29, 0.717) is 16.3 Å². The standard InChI is InChI=1S/C22H20FN5OS/c1-15(16-6-8-20(9-7-16)28-14-24-13-25-28)27(2)21(29)11-19-12-30-22(26-19)17-4-3-5-18(23)10-17/h3-10,12-15H,11H2,1-2H3. The molecule has 6 nitrogen and oxygen atoms in total. The second-order valence-corrected chi connectivity index (χ2v) is 7.80. The molecule has 1 amide bonds. The van der Waals surface area contributed by atoms with Crippen LogP contribution in [0.15, 0.2) is 66.6 Å². The molecular weight excluding hydrogens is 401 g/mol. The van der Waals surface area contributed by atoms with Crippen LogP contribution in [0.3, 0.4) is 0 Å². The lowest BCUT2D eigenvalue weighted by atomic mass is 10.1. The number of hydrogen-bond acceptors (Lipinski definition) is 5. The van der Waals surface area contributed by atoms with Gasteiger partial charge in [0.25, 0.3) is 0 Å². The van der Waals surface area contributed by atoms with Crippen LogP contribution in [0, 0.1) is 5.82 Å². The van der Waals surface area contributed by atoms with Crippen molar-refractivity contribution in [3.63, 3.8) is 0 Å². The molecule has 0 aliphatic rings. The summed E-state index contributed by atoms with van der Waals surface area (Å²) in [5, 5.41) is 6.67. The van der Waals surface area contributed by atoms with Crippen molar-refractivity contribution in [3.8, 4) is 16.3 Å². The molecule has 4 rings (SSSR count). The molecule has 0 bridgehead atoms. The van der Waals surface area contributed by atoms with E-state index in [0.717, 1.165) is 11.3 Å². The van der Waals surface area contributed by atoms with Crippen LogP contribution in [-0.4, -0.2) is 37.6 Å². The maximum atomic E-state index is 13.4. The summed E-state index contributed by atoms with van der Waals surface area (Å²) in [6.45, 7) is 1.99. The molecule has 30 heavy (non-hydrogen) atoms. The van der Waals surface area contributed by atoms with Crippen LogP contribution in [0.1, 0.15) is 24.2 Å². The number of carbonyl (C=O) groups is 1. The SMILES string of the molecule is CC(c1ccc(-n2cncn2)cc1)N(C)C(=O)Cc1csc(-c2cccc(F)c2)n1. The van der Waals surface area contributed by atoms with E-state index in [1.165, 1.54) is 29.8 Å². The van der Waals surface area contributed by atoms with Gasteiger partial charge in [-0.05, 0) is 36.8 Å². The van der Waals surface area contributed by atoms with Crippen LogP contribution in [0.2, 0.25) is 0 Å². The first kappa shape index (κ1) is 19.9. The van der Waals surface area contributed by atoms with E-state index >= 15 is 0 Å². The van der Waals surface area contributed by atoms with Crippen molar-refractivity contribution >= 4 is 17.2 Å². The zero-order valence-corrected chi connectivity index (χ0v) is 17.4. The number of hydrogen-bond donors (Lipinski definition) is 0. The number of amides is 1. The van der Waals surface area contributed by atoms with Crippen LogP contribution in [0.25, 0.3) is 16.3 Å². The molecule has 2 heterocycles. The summed E-state index contributed by atoms with van der Waals surface area (Å²) in [6.07, 6.45) is 3.32. The van der Waals surface area contributed by atoms with E-state index in [9.17, 15) is 9.18 Å². The van der Waals surface area contributed by atoms with Crippen molar-refractivity contribution in [2.75, 3.05) is 7.05 Å². The molecule has 0 aliphatic heterocycles. The highest BCUT2D eigenvalue weighted by molar-refractivity contribution is 7.13. The minimum absolute atomic E-state index is 0.0288. The summed E-state index contributed by atoms with van der Waals surface area (Å²) >= 11 is 1.41. The van der Waals surface area contributed by atoms with Gasteiger partial charge in [-0.1, -0.05) is 24.3 Å². The van der Waals surface area contributed by atoms with Gasteiger partial charge in [-0.25, -0.2) is 19.0 Å². The highest BCUT2D eigenvalue weighted by Gasteiger charge is 2.19. The molecule has 1 unspecified atom stereocenters. The number of likely N-dealkylation sites (N-methyl/N-ethyl adjacent to an activating group) is 1. The van der Waals surface area contributed by atoms with Crippen LogP contribution in [-0.2, 0) is 11.2 Å². The number of thiazole rings is 1. The van der Waals surface area contributed by atoms with Gasteiger partial charge in [0.05, 0.1) is 23.8 Å². The molecule has 0 spiro atoms. The van der Waals surface area contributed by atoms with Crippen LogP contribution >= 0.6 is 11.3 Å². The van der Waals surface area contributed by atoms with Crippen molar-refractivity contribution in [3.05, 3.63) is 83.6 Å². The molecule has 0 saturated carbocycles. The number of halogens is 1. The van der Waals surface area contributed by atoms with E-state index in [1.54, 1.807) is 29.0 Å². The van der Waals surface area contributed by atoms with Gasteiger partial charge >= 0.3 is 0 Å². The molecule has 2 aromatic heterocycles. The zero-order chi connectivity index (χ0) is 21.1. The van der Waals surface area contributed by atoms with Gasteiger partial charge in [0, 0.05) is 18.0 Å². The average molecular weight is 422 g/mol. The molecular formula is C22H20FN5OS. The lowest BCUT2D eigenvalue weighted by Gasteiger charge is -2.25. The summed E-state index contributed by atoms with van der Waals surface area (Å²) in [7, 11) is 1.79. The maximum absolute atomic E-state index is 13.4. The van der Waals surface area contributed by atoms with E-state index in [1.807, 2.05) is 42.6 Å². The van der Waals surface area contributed by atoms with Crippen molar-refractivity contribution in [2.45, 2.75) is 19.4 Å². The summed E-state index contributed by atoms with van der Waals surface area (Å²) in [5.41, 5.74) is 3.33. The monoisotopic (exact) mass is 421 g/mol. The average Bonchev–Trinajstić information content (AvgIpc) is 3.45. The fraction of sp³-hybridized carbons (Fsp3) is 0.182. The Morgan fingerprint density at radius 3 is 2.73 bits per heavy atom. The van der Waals surface area contributed by atoms with Crippen molar-refractivity contribution in [1.29, 1.82) is 0 Å². The third-order valence-electron chi connectivity index (χ3n) is 4.99. The Labute approximate surface area is 177 Å². The first-order chi connectivity index (χ1) is 14.5. The molecule has 4 aromatic rings. The van der Waals surface area contributed by atoms with Crippen LogP contribution in [0.4, 0.5) is 4.39 Å². The Kier molecular flexibility index (Phi) is 5.67. The van der Waals surface area contributed by atoms with Crippen molar-refractivity contribution in [2.24, 2.45) is 0 Å². The molecule has 0 N–H and O–H groups in total. The fourth-order valence-corrected chi connectivity index (χ4v) is 3.93. The molecule has 1 atom stereocenters. The van der Waals surface area contributed by atoms with Crippen LogP contribution < -0.4 is 0 Å². The van der Waals surface area contributed by atoms with Gasteiger partial charge in [0.1, 0.15) is 23.5 Å². The summed E-state index contributed by atoms with van der Waals surface area (Å²) < 4.78 is 15.1. The maximum Gasteiger partial charge on any atom is 0.228 e. The molecule has 0 aliphatic carbocycles. The number of aromatic nitrogens is 4. The van der Waals surface area contributed by atoms with E-state index in [2.05, 4.69) is 15.1 Å². The molecule has 0 saturated heterocycles. The summed E-state index contributed by atoms with van der Waals surface area (Å²) in [4.78, 5) is 23.0. The zero-order valence-electron chi connectivity index (χ0n) is 16.6. The quantitative estimate of drug-likeness (QED) is 0.466. The van der Waals surface area contributed by atoms with E-state index < -0.39 is 0 Å². The fourth-order valence-electron chi connectivity index (χ4n) is 3.11. The predicted molar refractivity (Wildman–Crippen MR) is 114 cm³/mol. The minimum Gasteiger partial charge on any atom is -0.339 e. The van der Waals surface area contributed by atoms with Gasteiger partial charge < -0.3 is 4.90 Å². The number of nitrogens with zero attached hydrogens (tertiary/aromatic N) is 5. The van der Waals surface area contributed by atoms with Crippen molar-refractivity contribution < 1.29 is 9.18 Å². The third-order valence-corrected chi connectivity index (χ3v) is 5.93. The van der Waals surface area contributed by atoms with E-state index in [4.69, 9.17) is 0 Å². The predicted octanol–water partition coefficient (Wildman–Crippen LogP) is 4.29. The second kappa shape index (κ2) is 8.54. The largest absolute Gasteiger partial charge is 0.339 e. The molecule has 8 heteroatoms. The van der Waals surface area contributed by atoms with Gasteiger partial charge in [0.15, 0.2) is 0 Å². The Balaban J connectivity index is 1.42. The van der Waals surface area contributed by atoms with Gasteiger partial charge in [-0.2, -0.15) is 5.10 Å². The molecule has 152 valence electrons. The second-order valence-electron chi connectivity index (χ2n) is 6.94. The molecule has 0 fully saturated rings. The highest BCUT2D eigenvalue weighted by atomic mass is 32.1. The Bertz CT molecular complexity index is 1140. The van der Waals surface area contributed by atoms with Gasteiger partial charge in [-0.15, -0.1) is 11.3 Å². The Hall–Kier alpha value is -3.39. The number of carbonyl (C=O) groups excluding carboxylic acids is 1. The lowest BCUT2D eigenvalue weighted by Crippen LogP contribution is -2.31. The summed E-state index contributed by atoms with van der Waals surface area (Å²) in [5.74, 6) is -0.331. The normalized spacial score (nSPS) is 12.0. The Morgan fingerprint density at radius 2 is 2.03 bits per heavy atom. The lowest BCUT2D eigenvalue weighted by molar-refractivity contribution is -0.131. The van der Waals surface area contributed by atoms with Gasteiger partial charge in [-0.3, -0.25) is 4.79 Å².